The number of amides is 2. The summed E-state index contributed by atoms with van der Waals surface area (Å²) in [5.41, 5.74) is 5.96. The highest BCUT2D eigenvalue weighted by atomic mass is 35.5. The number of hydrazine groups is 1. The van der Waals surface area contributed by atoms with E-state index in [2.05, 4.69) is 10.9 Å². The molecule has 0 saturated heterocycles. The van der Waals surface area contributed by atoms with Crippen molar-refractivity contribution in [3.63, 3.8) is 0 Å². The SMILES string of the molecule is O=C(Cc1ccc(Cl)cc1)NNC(=O)c1cccc(OCCOc2ccccc2)c1. The summed E-state index contributed by atoms with van der Waals surface area (Å²) in [6, 6.07) is 23.1. The Morgan fingerprint density at radius 3 is 2.17 bits per heavy atom. The number of nitrogens with one attached hydrogen (secondary N) is 2. The van der Waals surface area contributed by atoms with Crippen molar-refractivity contribution < 1.29 is 19.1 Å². The topological polar surface area (TPSA) is 76.7 Å². The zero-order valence-electron chi connectivity index (χ0n) is 16.1. The van der Waals surface area contributed by atoms with E-state index in [0.717, 1.165) is 11.3 Å². The minimum atomic E-state index is -0.439. The van der Waals surface area contributed by atoms with Gasteiger partial charge in [0.05, 0.1) is 6.42 Å². The van der Waals surface area contributed by atoms with E-state index >= 15 is 0 Å². The molecule has 7 heteroatoms. The molecule has 0 spiro atoms. The van der Waals surface area contributed by atoms with Gasteiger partial charge in [-0.3, -0.25) is 20.4 Å². The first-order valence-corrected chi connectivity index (χ1v) is 9.72. The summed E-state index contributed by atoms with van der Waals surface area (Å²) in [6.45, 7) is 0.707. The van der Waals surface area contributed by atoms with Crippen molar-refractivity contribution in [1.82, 2.24) is 10.9 Å². The molecule has 6 nitrogen and oxygen atoms in total. The summed E-state index contributed by atoms with van der Waals surface area (Å²) in [4.78, 5) is 24.3. The normalized spacial score (nSPS) is 10.2. The number of halogens is 1. The third-order valence-corrected chi connectivity index (χ3v) is 4.31. The lowest BCUT2D eigenvalue weighted by Gasteiger charge is -2.10. The summed E-state index contributed by atoms with van der Waals surface area (Å²) >= 11 is 5.82. The van der Waals surface area contributed by atoms with Crippen LogP contribution in [-0.4, -0.2) is 25.0 Å². The molecule has 3 rings (SSSR count). The third-order valence-electron chi connectivity index (χ3n) is 4.05. The minimum Gasteiger partial charge on any atom is -0.490 e. The summed E-state index contributed by atoms with van der Waals surface area (Å²) in [5.74, 6) is 0.525. The molecule has 0 radical (unpaired) electrons. The molecule has 30 heavy (non-hydrogen) atoms. The van der Waals surface area contributed by atoms with Crippen LogP contribution in [0.15, 0.2) is 78.9 Å². The van der Waals surface area contributed by atoms with Crippen LogP contribution < -0.4 is 20.3 Å². The predicted octanol–water partition coefficient (Wildman–Crippen LogP) is 3.80. The molecule has 2 amide bonds. The highest BCUT2D eigenvalue weighted by Gasteiger charge is 2.09. The largest absolute Gasteiger partial charge is 0.490 e. The summed E-state index contributed by atoms with van der Waals surface area (Å²) in [6.07, 6.45) is 0.127. The van der Waals surface area contributed by atoms with Crippen LogP contribution in [-0.2, 0) is 11.2 Å². The number of benzene rings is 3. The number of para-hydroxylation sites is 1. The van der Waals surface area contributed by atoms with E-state index in [4.69, 9.17) is 21.1 Å². The van der Waals surface area contributed by atoms with E-state index in [1.165, 1.54) is 0 Å². The van der Waals surface area contributed by atoms with Crippen molar-refractivity contribution >= 4 is 23.4 Å². The van der Waals surface area contributed by atoms with Gasteiger partial charge in [-0.1, -0.05) is 48.0 Å². The van der Waals surface area contributed by atoms with Crippen molar-refractivity contribution in [2.24, 2.45) is 0 Å². The lowest BCUT2D eigenvalue weighted by molar-refractivity contribution is -0.121. The molecule has 0 aliphatic carbocycles. The monoisotopic (exact) mass is 424 g/mol. The van der Waals surface area contributed by atoms with Crippen LogP contribution in [0.3, 0.4) is 0 Å². The highest BCUT2D eigenvalue weighted by Crippen LogP contribution is 2.14. The van der Waals surface area contributed by atoms with E-state index in [9.17, 15) is 9.59 Å². The first-order valence-electron chi connectivity index (χ1n) is 9.34. The molecule has 0 aromatic heterocycles. The number of rotatable bonds is 8. The van der Waals surface area contributed by atoms with E-state index in [1.54, 1.807) is 48.5 Å². The molecule has 0 fully saturated rings. The predicted molar refractivity (Wildman–Crippen MR) is 115 cm³/mol. The van der Waals surface area contributed by atoms with Gasteiger partial charge in [0.2, 0.25) is 5.91 Å². The van der Waals surface area contributed by atoms with Gasteiger partial charge in [-0.2, -0.15) is 0 Å². The molecule has 154 valence electrons. The highest BCUT2D eigenvalue weighted by molar-refractivity contribution is 6.30. The average Bonchev–Trinajstić information content (AvgIpc) is 2.77. The molecular formula is C23H21ClN2O4. The molecular weight excluding hydrogens is 404 g/mol. The molecule has 3 aromatic rings. The van der Waals surface area contributed by atoms with Crippen LogP contribution in [0.5, 0.6) is 11.5 Å². The molecule has 0 aliphatic heterocycles. The smallest absolute Gasteiger partial charge is 0.269 e. The van der Waals surface area contributed by atoms with E-state index in [1.807, 2.05) is 30.3 Å². The molecule has 3 aromatic carbocycles. The Morgan fingerprint density at radius 2 is 1.43 bits per heavy atom. The van der Waals surface area contributed by atoms with Gasteiger partial charge < -0.3 is 9.47 Å². The summed E-state index contributed by atoms with van der Waals surface area (Å²) in [7, 11) is 0. The fourth-order valence-corrected chi connectivity index (χ4v) is 2.72. The number of hydrogen-bond donors (Lipinski definition) is 2. The maximum atomic E-state index is 12.3. The summed E-state index contributed by atoms with van der Waals surface area (Å²) < 4.78 is 11.2. The van der Waals surface area contributed by atoms with E-state index in [0.29, 0.717) is 29.5 Å². The third kappa shape index (κ3) is 6.83. The Hall–Kier alpha value is -3.51. The van der Waals surface area contributed by atoms with Crippen LogP contribution in [0, 0.1) is 0 Å². The van der Waals surface area contributed by atoms with Gasteiger partial charge >= 0.3 is 0 Å². The molecule has 0 saturated carbocycles. The first kappa shape index (κ1) is 21.2. The number of ether oxygens (including phenoxy) is 2. The van der Waals surface area contributed by atoms with Gasteiger partial charge in [-0.25, -0.2) is 0 Å². The van der Waals surface area contributed by atoms with Crippen molar-refractivity contribution in [3.8, 4) is 11.5 Å². The van der Waals surface area contributed by atoms with Crippen molar-refractivity contribution in [2.75, 3.05) is 13.2 Å². The van der Waals surface area contributed by atoms with Gasteiger partial charge in [0.15, 0.2) is 0 Å². The lowest BCUT2D eigenvalue weighted by Crippen LogP contribution is -2.42. The second-order valence-electron chi connectivity index (χ2n) is 6.34. The maximum Gasteiger partial charge on any atom is 0.269 e. The Bertz CT molecular complexity index is 978. The molecule has 0 aliphatic rings. The van der Waals surface area contributed by atoms with Crippen molar-refractivity contribution in [1.29, 1.82) is 0 Å². The van der Waals surface area contributed by atoms with Gasteiger partial charge in [-0.05, 0) is 48.0 Å². The Labute approximate surface area is 179 Å². The van der Waals surface area contributed by atoms with Crippen LogP contribution in [0.4, 0.5) is 0 Å². The Balaban J connectivity index is 1.43. The first-order chi connectivity index (χ1) is 14.6. The molecule has 0 heterocycles. The zero-order valence-corrected chi connectivity index (χ0v) is 16.9. The van der Waals surface area contributed by atoms with Gasteiger partial charge in [0.1, 0.15) is 24.7 Å². The second-order valence-corrected chi connectivity index (χ2v) is 6.78. The summed E-state index contributed by atoms with van der Waals surface area (Å²) in [5, 5.41) is 0.598. The fraction of sp³-hybridized carbons (Fsp3) is 0.130. The number of carbonyl (C=O) groups excluding carboxylic acids is 2. The quantitative estimate of drug-likeness (QED) is 0.426. The Kier molecular flexibility index (Phi) is 7.69. The van der Waals surface area contributed by atoms with Gasteiger partial charge in [0, 0.05) is 10.6 Å². The minimum absolute atomic E-state index is 0.127. The van der Waals surface area contributed by atoms with Crippen LogP contribution in [0.1, 0.15) is 15.9 Å². The van der Waals surface area contributed by atoms with Crippen LogP contribution in [0.25, 0.3) is 0 Å². The van der Waals surface area contributed by atoms with E-state index in [-0.39, 0.29) is 12.3 Å². The second kappa shape index (κ2) is 10.9. The van der Waals surface area contributed by atoms with Gasteiger partial charge in [0.25, 0.3) is 5.91 Å². The van der Waals surface area contributed by atoms with Crippen LogP contribution in [0.2, 0.25) is 5.02 Å². The standard InChI is InChI=1S/C23H21ClN2O4/c24-19-11-9-17(10-12-19)15-22(27)25-26-23(28)18-5-4-8-21(16-18)30-14-13-29-20-6-2-1-3-7-20/h1-12,16H,13-15H2,(H,25,27)(H,26,28). The Morgan fingerprint density at radius 1 is 0.767 bits per heavy atom. The lowest BCUT2D eigenvalue weighted by atomic mass is 10.1. The van der Waals surface area contributed by atoms with Crippen molar-refractivity contribution in [3.05, 3.63) is 95.0 Å². The molecule has 2 N–H and O–H groups in total. The fourth-order valence-electron chi connectivity index (χ4n) is 2.59. The number of hydrogen-bond acceptors (Lipinski definition) is 4. The average molecular weight is 425 g/mol. The number of carbonyl (C=O) groups is 2. The van der Waals surface area contributed by atoms with Crippen LogP contribution >= 0.6 is 11.6 Å². The van der Waals surface area contributed by atoms with E-state index < -0.39 is 5.91 Å². The maximum absolute atomic E-state index is 12.3. The van der Waals surface area contributed by atoms with Crippen molar-refractivity contribution in [2.45, 2.75) is 6.42 Å². The molecule has 0 atom stereocenters. The molecule has 0 bridgehead atoms. The molecule has 0 unspecified atom stereocenters. The zero-order chi connectivity index (χ0) is 21.2. The van der Waals surface area contributed by atoms with Gasteiger partial charge in [-0.15, -0.1) is 0 Å².